The number of carboxylic acid groups (broad SMARTS) is 1. The van der Waals surface area contributed by atoms with Gasteiger partial charge in [0.05, 0.1) is 16.6 Å². The molecule has 0 bridgehead atoms. The molecule has 20 heavy (non-hydrogen) atoms. The maximum absolute atomic E-state index is 12.7. The van der Waals surface area contributed by atoms with Crippen LogP contribution in [-0.2, 0) is 6.54 Å². The average molecular weight is 321 g/mol. The largest absolute Gasteiger partial charge is 0.478 e. The minimum absolute atomic E-state index is 0.115. The van der Waals surface area contributed by atoms with Crippen molar-refractivity contribution in [3.05, 3.63) is 51.3 Å². The molecule has 0 saturated carbocycles. The number of benzene rings is 1. The Morgan fingerprint density at radius 3 is 2.55 bits per heavy atom. The second-order valence-corrected chi connectivity index (χ2v) is 4.79. The molecule has 1 aromatic carbocycles. The summed E-state index contributed by atoms with van der Waals surface area (Å²) in [6.07, 6.45) is -1.89. The van der Waals surface area contributed by atoms with Gasteiger partial charge < -0.3 is 5.11 Å². The first-order valence-electron chi connectivity index (χ1n) is 5.41. The zero-order valence-corrected chi connectivity index (χ0v) is 11.4. The number of rotatable bonds is 4. The number of aromatic nitrogens is 2. The van der Waals surface area contributed by atoms with E-state index in [4.69, 9.17) is 28.3 Å². The Morgan fingerprint density at radius 1 is 1.35 bits per heavy atom. The minimum atomic E-state index is -2.95. The highest BCUT2D eigenvalue weighted by Crippen LogP contribution is 2.24. The second-order valence-electron chi connectivity index (χ2n) is 3.98. The van der Waals surface area contributed by atoms with Crippen molar-refractivity contribution < 1.29 is 18.7 Å². The van der Waals surface area contributed by atoms with E-state index in [-0.39, 0.29) is 6.54 Å². The minimum Gasteiger partial charge on any atom is -0.478 e. The van der Waals surface area contributed by atoms with Crippen LogP contribution in [0, 0.1) is 0 Å². The molecule has 0 fully saturated rings. The fourth-order valence-electron chi connectivity index (χ4n) is 1.67. The number of carboxylic acids is 1. The Balaban J connectivity index is 2.31. The highest BCUT2D eigenvalue weighted by Gasteiger charge is 2.22. The van der Waals surface area contributed by atoms with Crippen molar-refractivity contribution in [2.24, 2.45) is 0 Å². The SMILES string of the molecule is O=C(O)c1cn(Cc2ccc(Cl)c(Cl)c2)nc1C(F)F. The van der Waals surface area contributed by atoms with E-state index < -0.39 is 23.7 Å². The van der Waals surface area contributed by atoms with Crippen LogP contribution < -0.4 is 0 Å². The maximum atomic E-state index is 12.7. The van der Waals surface area contributed by atoms with Crippen LogP contribution in [0.1, 0.15) is 28.0 Å². The molecule has 0 saturated heterocycles. The van der Waals surface area contributed by atoms with E-state index in [9.17, 15) is 13.6 Å². The second kappa shape index (κ2) is 5.76. The molecule has 0 aliphatic carbocycles. The first-order chi connectivity index (χ1) is 9.38. The van der Waals surface area contributed by atoms with Crippen molar-refractivity contribution in [1.82, 2.24) is 9.78 Å². The summed E-state index contributed by atoms with van der Waals surface area (Å²) >= 11 is 11.6. The molecule has 106 valence electrons. The maximum Gasteiger partial charge on any atom is 0.339 e. The first-order valence-corrected chi connectivity index (χ1v) is 6.17. The molecule has 0 unspecified atom stereocenters. The number of nitrogens with zero attached hydrogens (tertiary/aromatic N) is 2. The van der Waals surface area contributed by atoms with E-state index in [1.165, 1.54) is 0 Å². The summed E-state index contributed by atoms with van der Waals surface area (Å²) in [5, 5.41) is 13.1. The number of carbonyl (C=O) groups is 1. The zero-order chi connectivity index (χ0) is 14.9. The van der Waals surface area contributed by atoms with Crippen LogP contribution >= 0.6 is 23.2 Å². The molecule has 1 heterocycles. The summed E-state index contributed by atoms with van der Waals surface area (Å²) in [6.45, 7) is 0.115. The van der Waals surface area contributed by atoms with E-state index in [1.54, 1.807) is 18.2 Å². The number of hydrogen-bond acceptors (Lipinski definition) is 2. The quantitative estimate of drug-likeness (QED) is 0.930. The summed E-state index contributed by atoms with van der Waals surface area (Å²) in [5.41, 5.74) is -0.600. The summed E-state index contributed by atoms with van der Waals surface area (Å²) in [5.74, 6) is -1.44. The van der Waals surface area contributed by atoms with Gasteiger partial charge in [0.2, 0.25) is 0 Å². The monoisotopic (exact) mass is 320 g/mol. The van der Waals surface area contributed by atoms with Crippen LogP contribution in [0.25, 0.3) is 0 Å². The van der Waals surface area contributed by atoms with Gasteiger partial charge in [-0.25, -0.2) is 13.6 Å². The van der Waals surface area contributed by atoms with Crippen LogP contribution in [0.4, 0.5) is 8.78 Å². The topological polar surface area (TPSA) is 55.1 Å². The lowest BCUT2D eigenvalue weighted by Crippen LogP contribution is -2.01. The molecule has 0 radical (unpaired) electrons. The molecule has 0 atom stereocenters. The van der Waals surface area contributed by atoms with E-state index in [1.807, 2.05) is 0 Å². The zero-order valence-electron chi connectivity index (χ0n) is 9.86. The normalized spacial score (nSPS) is 11.1. The molecule has 1 N–H and O–H groups in total. The van der Waals surface area contributed by atoms with E-state index in [0.717, 1.165) is 10.9 Å². The Hall–Kier alpha value is -1.66. The lowest BCUT2D eigenvalue weighted by molar-refractivity contribution is 0.0684. The van der Waals surface area contributed by atoms with E-state index >= 15 is 0 Å². The van der Waals surface area contributed by atoms with Gasteiger partial charge in [0.25, 0.3) is 6.43 Å². The van der Waals surface area contributed by atoms with E-state index in [0.29, 0.717) is 15.6 Å². The van der Waals surface area contributed by atoms with Crippen molar-refractivity contribution >= 4 is 29.2 Å². The van der Waals surface area contributed by atoms with Gasteiger partial charge in [0.1, 0.15) is 11.3 Å². The Morgan fingerprint density at radius 2 is 2.05 bits per heavy atom. The number of halogens is 4. The average Bonchev–Trinajstić information content (AvgIpc) is 2.78. The predicted octanol–water partition coefficient (Wildman–Crippen LogP) is 3.87. The van der Waals surface area contributed by atoms with Gasteiger partial charge in [0, 0.05) is 6.20 Å². The van der Waals surface area contributed by atoms with Crippen LogP contribution in [0.3, 0.4) is 0 Å². The van der Waals surface area contributed by atoms with Gasteiger partial charge in [0.15, 0.2) is 0 Å². The highest BCUT2D eigenvalue weighted by molar-refractivity contribution is 6.42. The van der Waals surface area contributed by atoms with Gasteiger partial charge >= 0.3 is 5.97 Å². The Kier molecular flexibility index (Phi) is 4.25. The Bertz CT molecular complexity index is 659. The lowest BCUT2D eigenvalue weighted by atomic mass is 10.2. The third kappa shape index (κ3) is 3.08. The molecule has 0 aliphatic rings. The lowest BCUT2D eigenvalue weighted by Gasteiger charge is -2.03. The van der Waals surface area contributed by atoms with Gasteiger partial charge in [-0.05, 0) is 17.7 Å². The van der Waals surface area contributed by atoms with E-state index in [2.05, 4.69) is 5.10 Å². The molecule has 2 aromatic rings. The molecule has 0 amide bonds. The third-order valence-corrected chi connectivity index (χ3v) is 3.29. The van der Waals surface area contributed by atoms with Crippen molar-refractivity contribution in [2.45, 2.75) is 13.0 Å². The molecular weight excluding hydrogens is 313 g/mol. The van der Waals surface area contributed by atoms with Gasteiger partial charge in [-0.3, -0.25) is 4.68 Å². The molecule has 1 aromatic heterocycles. The molecule has 0 spiro atoms. The molecule has 2 rings (SSSR count). The van der Waals surface area contributed by atoms with Gasteiger partial charge in [-0.1, -0.05) is 29.3 Å². The molecule has 8 heteroatoms. The molecule has 0 aliphatic heterocycles. The number of hydrogen-bond donors (Lipinski definition) is 1. The van der Waals surface area contributed by atoms with Crippen LogP contribution in [-0.4, -0.2) is 20.9 Å². The first kappa shape index (κ1) is 14.7. The smallest absolute Gasteiger partial charge is 0.339 e. The molecule has 4 nitrogen and oxygen atoms in total. The Labute approximate surface area is 122 Å². The van der Waals surface area contributed by atoms with Crippen molar-refractivity contribution in [3.63, 3.8) is 0 Å². The summed E-state index contributed by atoms with van der Waals surface area (Å²) in [7, 11) is 0. The van der Waals surface area contributed by atoms with Crippen LogP contribution in [0.5, 0.6) is 0 Å². The van der Waals surface area contributed by atoms with Crippen molar-refractivity contribution in [2.75, 3.05) is 0 Å². The summed E-state index contributed by atoms with van der Waals surface area (Å²) in [6, 6.07) is 4.78. The van der Waals surface area contributed by atoms with Gasteiger partial charge in [-0.15, -0.1) is 0 Å². The third-order valence-electron chi connectivity index (χ3n) is 2.56. The van der Waals surface area contributed by atoms with Crippen LogP contribution in [0.15, 0.2) is 24.4 Å². The van der Waals surface area contributed by atoms with Crippen molar-refractivity contribution in [1.29, 1.82) is 0 Å². The number of alkyl halides is 2. The summed E-state index contributed by atoms with van der Waals surface area (Å²) < 4.78 is 26.5. The summed E-state index contributed by atoms with van der Waals surface area (Å²) in [4.78, 5) is 10.9. The highest BCUT2D eigenvalue weighted by atomic mass is 35.5. The van der Waals surface area contributed by atoms with Crippen molar-refractivity contribution in [3.8, 4) is 0 Å². The standard InChI is InChI=1S/C12H8Cl2F2N2O2/c13-8-2-1-6(3-9(8)14)4-18-5-7(12(19)20)10(17-18)11(15)16/h1-3,5,11H,4H2,(H,19,20). The fourth-order valence-corrected chi connectivity index (χ4v) is 1.99. The fraction of sp³-hybridized carbons (Fsp3) is 0.167. The predicted molar refractivity (Wildman–Crippen MR) is 69.7 cm³/mol. The molecular formula is C12H8Cl2F2N2O2. The number of aromatic carboxylic acids is 1. The van der Waals surface area contributed by atoms with Crippen LogP contribution in [0.2, 0.25) is 10.0 Å². The van der Waals surface area contributed by atoms with Gasteiger partial charge in [-0.2, -0.15) is 5.10 Å².